The zero-order valence-corrected chi connectivity index (χ0v) is 17.0. The largest absolute Gasteiger partial charge is 0.417 e. The van der Waals surface area contributed by atoms with E-state index in [9.17, 15) is 18.0 Å². The maximum Gasteiger partial charge on any atom is 0.417 e. The van der Waals surface area contributed by atoms with Crippen LogP contribution < -0.4 is 5.32 Å². The van der Waals surface area contributed by atoms with Crippen molar-refractivity contribution in [3.8, 4) is 0 Å². The first kappa shape index (κ1) is 21.4. The molecule has 0 spiro atoms. The Morgan fingerprint density at radius 2 is 1.86 bits per heavy atom. The van der Waals surface area contributed by atoms with Gasteiger partial charge in [0.15, 0.2) is 5.13 Å². The van der Waals surface area contributed by atoms with Crippen molar-refractivity contribution in [2.24, 2.45) is 0 Å². The molecule has 1 aromatic heterocycles. The molecule has 1 amide bonds. The molecule has 0 aliphatic rings. The molecule has 0 unspecified atom stereocenters. The van der Waals surface area contributed by atoms with Gasteiger partial charge >= 0.3 is 6.18 Å². The standard InChI is InChI=1S/C20H13Cl2F3N2OS/c21-14-5-1-12(2-6-14)9-15-11-26-19(29-15)27-18(28)8-4-13-3-7-17(22)16(10-13)20(23,24)25/h1-8,10-11H,9H2,(H,26,27,28)/b8-4+. The maximum atomic E-state index is 12.9. The summed E-state index contributed by atoms with van der Waals surface area (Å²) in [5.74, 6) is -0.499. The average molecular weight is 457 g/mol. The molecule has 3 rings (SSSR count). The number of rotatable bonds is 5. The highest BCUT2D eigenvalue weighted by Gasteiger charge is 2.33. The maximum absolute atomic E-state index is 12.9. The number of carbonyl (C=O) groups excluding carboxylic acids is 1. The summed E-state index contributed by atoms with van der Waals surface area (Å²) in [5, 5.41) is 3.25. The second-order valence-corrected chi connectivity index (χ2v) is 7.95. The predicted molar refractivity (Wildman–Crippen MR) is 110 cm³/mol. The van der Waals surface area contributed by atoms with Gasteiger partial charge in [0.1, 0.15) is 0 Å². The molecule has 0 radical (unpaired) electrons. The van der Waals surface area contributed by atoms with Gasteiger partial charge in [0.05, 0.1) is 10.6 Å². The molecule has 9 heteroatoms. The van der Waals surface area contributed by atoms with Crippen LogP contribution in [0.25, 0.3) is 6.08 Å². The van der Waals surface area contributed by atoms with Crippen molar-refractivity contribution in [1.82, 2.24) is 4.98 Å². The number of thiazole rings is 1. The molecule has 3 nitrogen and oxygen atoms in total. The van der Waals surface area contributed by atoms with Crippen molar-refractivity contribution in [2.75, 3.05) is 5.32 Å². The molecule has 29 heavy (non-hydrogen) atoms. The smallest absolute Gasteiger partial charge is 0.298 e. The van der Waals surface area contributed by atoms with Crippen LogP contribution >= 0.6 is 34.5 Å². The van der Waals surface area contributed by atoms with Crippen LogP contribution in [0.3, 0.4) is 0 Å². The van der Waals surface area contributed by atoms with Crippen LogP contribution in [-0.2, 0) is 17.4 Å². The van der Waals surface area contributed by atoms with Gasteiger partial charge in [0.25, 0.3) is 0 Å². The minimum Gasteiger partial charge on any atom is -0.298 e. The van der Waals surface area contributed by atoms with E-state index < -0.39 is 22.7 Å². The normalized spacial score (nSPS) is 11.8. The van der Waals surface area contributed by atoms with Crippen molar-refractivity contribution in [3.05, 3.63) is 86.4 Å². The Morgan fingerprint density at radius 1 is 1.14 bits per heavy atom. The number of halogens is 5. The third kappa shape index (κ3) is 6.06. The van der Waals surface area contributed by atoms with Crippen LogP contribution in [0.1, 0.15) is 21.6 Å². The number of carbonyl (C=O) groups is 1. The first-order valence-corrected chi connectivity index (χ1v) is 9.83. The van der Waals surface area contributed by atoms with Crippen LogP contribution in [-0.4, -0.2) is 10.9 Å². The van der Waals surface area contributed by atoms with Crippen LogP contribution in [0.15, 0.2) is 54.7 Å². The van der Waals surface area contributed by atoms with E-state index in [2.05, 4.69) is 10.3 Å². The van der Waals surface area contributed by atoms with Gasteiger partial charge in [0.2, 0.25) is 5.91 Å². The summed E-state index contributed by atoms with van der Waals surface area (Å²) >= 11 is 12.8. The lowest BCUT2D eigenvalue weighted by molar-refractivity contribution is -0.137. The zero-order chi connectivity index (χ0) is 21.0. The number of nitrogens with one attached hydrogen (secondary N) is 1. The summed E-state index contributed by atoms with van der Waals surface area (Å²) in [5.41, 5.74) is 0.312. The minimum absolute atomic E-state index is 0.208. The second kappa shape index (κ2) is 8.98. The van der Waals surface area contributed by atoms with Crippen molar-refractivity contribution >= 4 is 51.7 Å². The molecule has 0 saturated heterocycles. The lowest BCUT2D eigenvalue weighted by Gasteiger charge is -2.09. The van der Waals surface area contributed by atoms with E-state index in [1.165, 1.54) is 23.5 Å². The monoisotopic (exact) mass is 456 g/mol. The molecule has 0 fully saturated rings. The number of amides is 1. The summed E-state index contributed by atoms with van der Waals surface area (Å²) in [6, 6.07) is 10.8. The Labute approximate surface area is 178 Å². The third-order valence-corrected chi connectivity index (χ3v) is 5.29. The topological polar surface area (TPSA) is 42.0 Å². The Bertz CT molecular complexity index is 1050. The molecule has 1 heterocycles. The van der Waals surface area contributed by atoms with Crippen LogP contribution in [0.2, 0.25) is 10.0 Å². The van der Waals surface area contributed by atoms with Gasteiger partial charge in [0, 0.05) is 28.6 Å². The molecule has 0 saturated carbocycles. The molecule has 0 aliphatic carbocycles. The summed E-state index contributed by atoms with van der Waals surface area (Å²) in [6.07, 6.45) is 0.163. The van der Waals surface area contributed by atoms with E-state index in [0.29, 0.717) is 16.6 Å². The Hall–Kier alpha value is -2.35. The summed E-state index contributed by atoms with van der Waals surface area (Å²) in [7, 11) is 0. The highest BCUT2D eigenvalue weighted by molar-refractivity contribution is 7.15. The van der Waals surface area contributed by atoms with Gasteiger partial charge in [-0.15, -0.1) is 11.3 Å². The highest BCUT2D eigenvalue weighted by atomic mass is 35.5. The number of hydrogen-bond acceptors (Lipinski definition) is 3. The Kier molecular flexibility index (Phi) is 6.62. The van der Waals surface area contributed by atoms with E-state index in [1.54, 1.807) is 18.3 Å². The van der Waals surface area contributed by atoms with E-state index in [1.807, 2.05) is 12.1 Å². The van der Waals surface area contributed by atoms with Gasteiger partial charge in [-0.25, -0.2) is 4.98 Å². The lowest BCUT2D eigenvalue weighted by Crippen LogP contribution is -2.07. The second-order valence-electron chi connectivity index (χ2n) is 5.99. The van der Waals surface area contributed by atoms with Crippen molar-refractivity contribution < 1.29 is 18.0 Å². The fraction of sp³-hybridized carbons (Fsp3) is 0.100. The van der Waals surface area contributed by atoms with Crippen LogP contribution in [0.5, 0.6) is 0 Å². The molecule has 1 N–H and O–H groups in total. The summed E-state index contributed by atoms with van der Waals surface area (Å²) in [6.45, 7) is 0. The van der Waals surface area contributed by atoms with Crippen molar-refractivity contribution in [3.63, 3.8) is 0 Å². The first-order chi connectivity index (χ1) is 13.7. The van der Waals surface area contributed by atoms with Crippen molar-refractivity contribution in [2.45, 2.75) is 12.6 Å². The van der Waals surface area contributed by atoms with E-state index in [-0.39, 0.29) is 5.56 Å². The fourth-order valence-electron chi connectivity index (χ4n) is 2.43. The number of aromatic nitrogens is 1. The number of benzene rings is 2. The quantitative estimate of drug-likeness (QED) is 0.433. The Balaban J connectivity index is 1.62. The average Bonchev–Trinajstić information content (AvgIpc) is 3.08. The molecule has 3 aromatic rings. The summed E-state index contributed by atoms with van der Waals surface area (Å²) in [4.78, 5) is 17.1. The third-order valence-electron chi connectivity index (χ3n) is 3.80. The van der Waals surface area contributed by atoms with E-state index in [4.69, 9.17) is 23.2 Å². The molecule has 0 aliphatic heterocycles. The van der Waals surface area contributed by atoms with Gasteiger partial charge in [-0.3, -0.25) is 10.1 Å². The Morgan fingerprint density at radius 3 is 2.55 bits per heavy atom. The van der Waals surface area contributed by atoms with Gasteiger partial charge in [-0.05, 0) is 41.5 Å². The van der Waals surface area contributed by atoms with E-state index >= 15 is 0 Å². The van der Waals surface area contributed by atoms with Gasteiger partial charge in [-0.2, -0.15) is 13.2 Å². The number of alkyl halides is 3. The molecule has 0 atom stereocenters. The lowest BCUT2D eigenvalue weighted by atomic mass is 10.1. The number of anilines is 1. The van der Waals surface area contributed by atoms with Gasteiger partial charge < -0.3 is 0 Å². The first-order valence-electron chi connectivity index (χ1n) is 8.25. The predicted octanol–water partition coefficient (Wildman–Crippen LogP) is 6.71. The number of hydrogen-bond donors (Lipinski definition) is 1. The molecular formula is C20H13Cl2F3N2OS. The zero-order valence-electron chi connectivity index (χ0n) is 14.6. The minimum atomic E-state index is -4.56. The van der Waals surface area contributed by atoms with Crippen LogP contribution in [0.4, 0.5) is 18.3 Å². The number of nitrogens with zero attached hydrogens (tertiary/aromatic N) is 1. The molecule has 2 aromatic carbocycles. The fourth-order valence-corrected chi connectivity index (χ4v) is 3.63. The van der Waals surface area contributed by atoms with Crippen molar-refractivity contribution in [1.29, 1.82) is 0 Å². The summed E-state index contributed by atoms with van der Waals surface area (Å²) < 4.78 is 38.7. The molecule has 150 valence electrons. The molecular weight excluding hydrogens is 444 g/mol. The van der Waals surface area contributed by atoms with Crippen LogP contribution in [0, 0.1) is 0 Å². The molecule has 0 bridgehead atoms. The SMILES string of the molecule is O=C(/C=C/c1ccc(Cl)c(C(F)(F)F)c1)Nc1ncc(Cc2ccc(Cl)cc2)s1. The van der Waals surface area contributed by atoms with E-state index in [0.717, 1.165) is 28.6 Å². The highest BCUT2D eigenvalue weighted by Crippen LogP contribution is 2.35. The van der Waals surface area contributed by atoms with Gasteiger partial charge in [-0.1, -0.05) is 41.4 Å².